The third-order valence-corrected chi connectivity index (χ3v) is 4.66. The minimum Gasteiger partial charge on any atom is -0.506 e. The smallest absolute Gasteiger partial charge is 0.411 e. The van der Waals surface area contributed by atoms with Gasteiger partial charge in [-0.25, -0.2) is 4.79 Å². The van der Waals surface area contributed by atoms with Crippen molar-refractivity contribution in [3.63, 3.8) is 0 Å². The van der Waals surface area contributed by atoms with E-state index in [4.69, 9.17) is 9.47 Å². The largest absolute Gasteiger partial charge is 0.506 e. The average molecular weight is 385 g/mol. The van der Waals surface area contributed by atoms with Gasteiger partial charge in [-0.15, -0.1) is 0 Å². The van der Waals surface area contributed by atoms with E-state index in [2.05, 4.69) is 15.1 Å². The van der Waals surface area contributed by atoms with Crippen LogP contribution in [0.3, 0.4) is 0 Å². The molecule has 0 aromatic heterocycles. The molecular weight excluding hydrogens is 358 g/mol. The van der Waals surface area contributed by atoms with E-state index in [1.807, 2.05) is 43.3 Å². The van der Waals surface area contributed by atoms with Gasteiger partial charge in [0.15, 0.2) is 0 Å². The molecule has 2 aromatic rings. The lowest BCUT2D eigenvalue weighted by atomic mass is 10.2. The number of hydrogen-bond acceptors (Lipinski definition) is 6. The van der Waals surface area contributed by atoms with Crippen LogP contribution < -0.4 is 15.0 Å². The van der Waals surface area contributed by atoms with Crippen molar-refractivity contribution in [2.24, 2.45) is 0 Å². The Hall–Kier alpha value is -2.93. The van der Waals surface area contributed by atoms with Crippen molar-refractivity contribution < 1.29 is 19.4 Å². The molecular formula is C21H27N3O4. The summed E-state index contributed by atoms with van der Waals surface area (Å²) in [5.74, 6) is 0.936. The number of aromatic hydroxyl groups is 1. The first-order valence-electron chi connectivity index (χ1n) is 9.58. The minimum atomic E-state index is -0.486. The van der Waals surface area contributed by atoms with Gasteiger partial charge in [-0.1, -0.05) is 24.3 Å². The van der Waals surface area contributed by atoms with Crippen LogP contribution in [-0.2, 0) is 4.74 Å². The number of carbonyl (C=O) groups is 1. The van der Waals surface area contributed by atoms with Crippen molar-refractivity contribution in [3.05, 3.63) is 48.5 Å². The zero-order valence-corrected chi connectivity index (χ0v) is 16.1. The molecule has 2 aromatic carbocycles. The Labute approximate surface area is 165 Å². The molecule has 1 saturated heterocycles. The van der Waals surface area contributed by atoms with Crippen LogP contribution in [0.1, 0.15) is 6.92 Å². The third-order valence-electron chi connectivity index (χ3n) is 4.66. The van der Waals surface area contributed by atoms with Gasteiger partial charge in [0, 0.05) is 32.7 Å². The lowest BCUT2D eigenvalue weighted by molar-refractivity contribution is 0.137. The van der Waals surface area contributed by atoms with Gasteiger partial charge in [0.1, 0.15) is 18.1 Å². The fourth-order valence-electron chi connectivity index (χ4n) is 3.21. The lowest BCUT2D eigenvalue weighted by Gasteiger charge is -2.36. The van der Waals surface area contributed by atoms with E-state index < -0.39 is 6.09 Å². The van der Waals surface area contributed by atoms with Crippen LogP contribution in [0, 0.1) is 0 Å². The normalized spacial score (nSPS) is 14.5. The van der Waals surface area contributed by atoms with Crippen LogP contribution in [0.5, 0.6) is 11.5 Å². The summed E-state index contributed by atoms with van der Waals surface area (Å²) in [6, 6.07) is 14.7. The third kappa shape index (κ3) is 5.29. The molecule has 1 fully saturated rings. The maximum atomic E-state index is 12.0. The fourth-order valence-corrected chi connectivity index (χ4v) is 3.21. The first-order chi connectivity index (χ1) is 13.7. The highest BCUT2D eigenvalue weighted by Gasteiger charge is 2.19. The number of nitrogens with zero attached hydrogens (tertiary/aromatic N) is 2. The fraction of sp³-hybridized carbons (Fsp3) is 0.381. The summed E-state index contributed by atoms with van der Waals surface area (Å²) in [6.07, 6.45) is -0.486. The number of para-hydroxylation sites is 4. The SMILES string of the molecule is CCOc1ccccc1NC(=O)OCCN1CCN(c2ccccc2O)CC1. The van der Waals surface area contributed by atoms with Crippen molar-refractivity contribution in [3.8, 4) is 11.5 Å². The number of amides is 1. The molecule has 150 valence electrons. The van der Waals surface area contributed by atoms with Crippen molar-refractivity contribution in [1.29, 1.82) is 0 Å². The standard InChI is InChI=1S/C21H27N3O4/c1-2-27-20-10-6-3-7-17(20)22-21(26)28-16-15-23-11-13-24(14-12-23)18-8-4-5-9-19(18)25/h3-10,25H,2,11-16H2,1H3,(H,22,26). The average Bonchev–Trinajstić information content (AvgIpc) is 2.71. The van der Waals surface area contributed by atoms with Crippen LogP contribution in [0.4, 0.5) is 16.2 Å². The number of piperazine rings is 1. The molecule has 0 atom stereocenters. The second-order valence-corrected chi connectivity index (χ2v) is 6.51. The monoisotopic (exact) mass is 385 g/mol. The number of carbonyl (C=O) groups excluding carboxylic acids is 1. The van der Waals surface area contributed by atoms with Gasteiger partial charge in [-0.05, 0) is 31.2 Å². The maximum Gasteiger partial charge on any atom is 0.411 e. The topological polar surface area (TPSA) is 74.3 Å². The van der Waals surface area contributed by atoms with E-state index in [1.54, 1.807) is 12.1 Å². The zero-order valence-electron chi connectivity index (χ0n) is 16.1. The van der Waals surface area contributed by atoms with E-state index in [0.29, 0.717) is 36.9 Å². The summed E-state index contributed by atoms with van der Waals surface area (Å²) in [7, 11) is 0. The Kier molecular flexibility index (Phi) is 6.97. The Morgan fingerprint density at radius 2 is 1.79 bits per heavy atom. The molecule has 0 radical (unpaired) electrons. The number of nitrogens with one attached hydrogen (secondary N) is 1. The Bertz CT molecular complexity index is 776. The number of benzene rings is 2. The molecule has 28 heavy (non-hydrogen) atoms. The van der Waals surface area contributed by atoms with Crippen LogP contribution in [0.2, 0.25) is 0 Å². The Morgan fingerprint density at radius 1 is 1.07 bits per heavy atom. The number of rotatable bonds is 7. The Balaban J connectivity index is 1.39. The summed E-state index contributed by atoms with van der Waals surface area (Å²) in [5, 5.41) is 12.7. The highest BCUT2D eigenvalue weighted by Crippen LogP contribution is 2.27. The molecule has 1 aliphatic heterocycles. The van der Waals surface area contributed by atoms with Crippen LogP contribution in [-0.4, -0.2) is 62.0 Å². The molecule has 1 heterocycles. The number of hydrogen-bond donors (Lipinski definition) is 2. The summed E-state index contributed by atoms with van der Waals surface area (Å²) in [6.45, 7) is 6.78. The molecule has 0 aliphatic carbocycles. The predicted molar refractivity (Wildman–Crippen MR) is 109 cm³/mol. The highest BCUT2D eigenvalue weighted by molar-refractivity contribution is 5.86. The summed E-state index contributed by atoms with van der Waals surface area (Å²) in [5.41, 5.74) is 1.47. The van der Waals surface area contributed by atoms with Gasteiger partial charge in [-0.2, -0.15) is 0 Å². The summed E-state index contributed by atoms with van der Waals surface area (Å²) in [4.78, 5) is 16.5. The molecule has 1 amide bonds. The highest BCUT2D eigenvalue weighted by atomic mass is 16.5. The molecule has 2 N–H and O–H groups in total. The molecule has 3 rings (SSSR count). The van der Waals surface area contributed by atoms with Crippen LogP contribution >= 0.6 is 0 Å². The number of anilines is 2. The van der Waals surface area contributed by atoms with Crippen LogP contribution in [0.15, 0.2) is 48.5 Å². The number of phenolic OH excluding ortho intramolecular Hbond substituents is 1. The van der Waals surface area contributed by atoms with E-state index in [9.17, 15) is 9.90 Å². The van der Waals surface area contributed by atoms with Gasteiger partial charge >= 0.3 is 6.09 Å². The molecule has 0 saturated carbocycles. The van der Waals surface area contributed by atoms with E-state index in [1.165, 1.54) is 0 Å². The van der Waals surface area contributed by atoms with Gasteiger partial charge < -0.3 is 19.5 Å². The lowest BCUT2D eigenvalue weighted by Crippen LogP contribution is -2.47. The number of phenols is 1. The van der Waals surface area contributed by atoms with Crippen molar-refractivity contribution in [1.82, 2.24) is 4.90 Å². The van der Waals surface area contributed by atoms with Crippen molar-refractivity contribution >= 4 is 17.5 Å². The first-order valence-corrected chi connectivity index (χ1v) is 9.58. The van der Waals surface area contributed by atoms with Gasteiger partial charge in [-0.3, -0.25) is 10.2 Å². The molecule has 1 aliphatic rings. The van der Waals surface area contributed by atoms with Gasteiger partial charge in [0.05, 0.1) is 18.0 Å². The summed E-state index contributed by atoms with van der Waals surface area (Å²) >= 11 is 0. The van der Waals surface area contributed by atoms with E-state index in [-0.39, 0.29) is 0 Å². The van der Waals surface area contributed by atoms with Gasteiger partial charge in [0.25, 0.3) is 0 Å². The molecule has 0 spiro atoms. The second-order valence-electron chi connectivity index (χ2n) is 6.51. The first kappa shape index (κ1) is 19.8. The van der Waals surface area contributed by atoms with Gasteiger partial charge in [0.2, 0.25) is 0 Å². The van der Waals surface area contributed by atoms with E-state index >= 15 is 0 Å². The predicted octanol–water partition coefficient (Wildman–Crippen LogP) is 3.16. The number of ether oxygens (including phenoxy) is 2. The second kappa shape index (κ2) is 9.85. The molecule has 7 heteroatoms. The van der Waals surface area contributed by atoms with Crippen molar-refractivity contribution in [2.45, 2.75) is 6.92 Å². The minimum absolute atomic E-state index is 0.309. The molecule has 0 unspecified atom stereocenters. The zero-order chi connectivity index (χ0) is 19.8. The maximum absolute atomic E-state index is 12.0. The molecule has 7 nitrogen and oxygen atoms in total. The van der Waals surface area contributed by atoms with E-state index in [0.717, 1.165) is 31.9 Å². The van der Waals surface area contributed by atoms with Crippen molar-refractivity contribution in [2.75, 3.05) is 56.2 Å². The Morgan fingerprint density at radius 3 is 2.54 bits per heavy atom. The quantitative estimate of drug-likeness (QED) is 0.763. The van der Waals surface area contributed by atoms with Crippen LogP contribution in [0.25, 0.3) is 0 Å². The summed E-state index contributed by atoms with van der Waals surface area (Å²) < 4.78 is 10.8. The molecule has 0 bridgehead atoms.